The minimum absolute atomic E-state index is 0.269. The van der Waals surface area contributed by atoms with Gasteiger partial charge in [0.1, 0.15) is 0 Å². The van der Waals surface area contributed by atoms with Crippen molar-refractivity contribution in [3.63, 3.8) is 0 Å². The van der Waals surface area contributed by atoms with Gasteiger partial charge in [-0.3, -0.25) is 4.90 Å². The lowest BCUT2D eigenvalue weighted by Crippen LogP contribution is -2.46. The first-order valence-electron chi connectivity index (χ1n) is 7.28. The summed E-state index contributed by atoms with van der Waals surface area (Å²) in [4.78, 5) is 9.18. The van der Waals surface area contributed by atoms with E-state index in [4.69, 9.17) is 5.73 Å². The molecule has 1 aromatic heterocycles. The third kappa shape index (κ3) is 3.16. The van der Waals surface area contributed by atoms with Gasteiger partial charge in [0.05, 0.1) is 18.1 Å². The summed E-state index contributed by atoms with van der Waals surface area (Å²) in [6.45, 7) is 6.45. The van der Waals surface area contributed by atoms with Gasteiger partial charge in [-0.15, -0.1) is 0 Å². The molecule has 108 valence electrons. The first-order chi connectivity index (χ1) is 9.17. The molecule has 0 amide bonds. The van der Waals surface area contributed by atoms with Crippen LogP contribution in [0.25, 0.3) is 0 Å². The minimum Gasteiger partial charge on any atom is -0.336 e. The van der Waals surface area contributed by atoms with E-state index in [0.29, 0.717) is 12.6 Å². The first-order valence-corrected chi connectivity index (χ1v) is 7.28. The Labute approximate surface area is 116 Å². The second-order valence-corrected chi connectivity index (χ2v) is 5.51. The van der Waals surface area contributed by atoms with Gasteiger partial charge in [-0.2, -0.15) is 0 Å². The Hall–Kier alpha value is -0.910. The highest BCUT2D eigenvalue weighted by molar-refractivity contribution is 5.06. The van der Waals surface area contributed by atoms with Crippen LogP contribution in [0.15, 0.2) is 12.5 Å². The van der Waals surface area contributed by atoms with Crippen molar-refractivity contribution >= 4 is 0 Å². The van der Waals surface area contributed by atoms with E-state index in [2.05, 4.69) is 33.3 Å². The van der Waals surface area contributed by atoms with E-state index in [1.165, 1.54) is 38.2 Å². The minimum atomic E-state index is 0.269. The highest BCUT2D eigenvalue weighted by Crippen LogP contribution is 2.24. The summed E-state index contributed by atoms with van der Waals surface area (Å²) in [5, 5.41) is 0. The molecule has 0 spiro atoms. The monoisotopic (exact) mass is 265 g/mol. The van der Waals surface area contributed by atoms with Crippen molar-refractivity contribution in [2.24, 2.45) is 12.8 Å². The molecule has 2 N–H and O–H groups in total. The molecule has 2 heterocycles. The number of aromatic nitrogens is 2. The third-order valence-corrected chi connectivity index (χ3v) is 4.49. The number of aryl methyl sites for hydroxylation is 1. The lowest BCUT2D eigenvalue weighted by Gasteiger charge is -2.39. The van der Waals surface area contributed by atoms with Crippen molar-refractivity contribution in [3.8, 4) is 0 Å². The van der Waals surface area contributed by atoms with E-state index >= 15 is 0 Å². The van der Waals surface area contributed by atoms with Gasteiger partial charge < -0.3 is 15.2 Å². The van der Waals surface area contributed by atoms with Crippen molar-refractivity contribution in [2.45, 2.75) is 31.8 Å². The largest absolute Gasteiger partial charge is 0.336 e. The van der Waals surface area contributed by atoms with E-state index in [1.807, 2.05) is 19.6 Å². The zero-order valence-corrected chi connectivity index (χ0v) is 12.4. The Kier molecular flexibility index (Phi) is 4.96. The lowest BCUT2D eigenvalue weighted by molar-refractivity contribution is 0.0982. The van der Waals surface area contributed by atoms with Gasteiger partial charge in [0, 0.05) is 25.8 Å². The Bertz CT molecular complexity index is 381. The number of likely N-dealkylation sites (N-methyl/N-ethyl adjacent to an activating group) is 1. The molecule has 1 fully saturated rings. The van der Waals surface area contributed by atoms with Crippen LogP contribution >= 0.6 is 0 Å². The van der Waals surface area contributed by atoms with Crippen LogP contribution in [0, 0.1) is 0 Å². The number of likely N-dealkylation sites (tertiary alicyclic amines) is 1. The number of nitrogens with two attached hydrogens (primary N) is 1. The molecule has 1 saturated heterocycles. The van der Waals surface area contributed by atoms with Crippen LogP contribution in [0.3, 0.4) is 0 Å². The molecule has 1 unspecified atom stereocenters. The van der Waals surface area contributed by atoms with Crippen molar-refractivity contribution in [3.05, 3.63) is 18.2 Å². The van der Waals surface area contributed by atoms with Gasteiger partial charge in [0.25, 0.3) is 0 Å². The van der Waals surface area contributed by atoms with Crippen LogP contribution < -0.4 is 5.73 Å². The van der Waals surface area contributed by atoms with Gasteiger partial charge in [-0.1, -0.05) is 6.92 Å². The normalized spacial score (nSPS) is 20.1. The summed E-state index contributed by atoms with van der Waals surface area (Å²) in [5.41, 5.74) is 7.21. The van der Waals surface area contributed by atoms with Crippen molar-refractivity contribution < 1.29 is 0 Å². The fraction of sp³-hybridized carbons (Fsp3) is 0.786. The highest BCUT2D eigenvalue weighted by atomic mass is 15.2. The lowest BCUT2D eigenvalue weighted by atomic mass is 10.0. The predicted octanol–water partition coefficient (Wildman–Crippen LogP) is 0.836. The molecule has 0 saturated carbocycles. The molecule has 1 atom stereocenters. The van der Waals surface area contributed by atoms with Gasteiger partial charge in [0.2, 0.25) is 0 Å². The molecule has 0 bridgehead atoms. The van der Waals surface area contributed by atoms with Crippen molar-refractivity contribution in [1.82, 2.24) is 19.4 Å². The zero-order chi connectivity index (χ0) is 13.8. The van der Waals surface area contributed by atoms with Gasteiger partial charge >= 0.3 is 0 Å². The molecule has 0 aliphatic carbocycles. The topological polar surface area (TPSA) is 50.3 Å². The maximum absolute atomic E-state index is 6.00. The molecule has 1 aliphatic rings. The molecule has 0 aromatic carbocycles. The Morgan fingerprint density at radius 1 is 1.47 bits per heavy atom. The van der Waals surface area contributed by atoms with Gasteiger partial charge in [-0.25, -0.2) is 4.98 Å². The van der Waals surface area contributed by atoms with Crippen LogP contribution in [0.4, 0.5) is 0 Å². The van der Waals surface area contributed by atoms with E-state index in [9.17, 15) is 0 Å². The average Bonchev–Trinajstić information content (AvgIpc) is 2.86. The maximum Gasteiger partial charge on any atom is 0.0946 e. The molecule has 1 aliphatic heterocycles. The molecular weight excluding hydrogens is 238 g/mol. The molecule has 1 aromatic rings. The first kappa shape index (κ1) is 14.5. The van der Waals surface area contributed by atoms with Crippen LogP contribution in [0.2, 0.25) is 0 Å². The summed E-state index contributed by atoms with van der Waals surface area (Å²) in [7, 11) is 4.25. The molecular formula is C14H27N5. The van der Waals surface area contributed by atoms with Crippen molar-refractivity contribution in [1.29, 1.82) is 0 Å². The number of nitrogens with zero attached hydrogens (tertiary/aromatic N) is 4. The molecule has 19 heavy (non-hydrogen) atoms. The van der Waals surface area contributed by atoms with Crippen molar-refractivity contribution in [2.75, 3.05) is 33.2 Å². The van der Waals surface area contributed by atoms with E-state index in [1.54, 1.807) is 0 Å². The van der Waals surface area contributed by atoms with Crippen LogP contribution in [0.1, 0.15) is 31.5 Å². The van der Waals surface area contributed by atoms with Gasteiger partial charge in [-0.05, 0) is 39.5 Å². The standard InChI is InChI=1S/C14H27N5/c1-4-19-7-5-12(6-8-19)18(3)13(9-15)14-10-16-11-17(14)2/h10-13H,4-9,15H2,1-3H3. The number of rotatable bonds is 5. The molecule has 0 radical (unpaired) electrons. The predicted molar refractivity (Wildman–Crippen MR) is 77.9 cm³/mol. The summed E-state index contributed by atoms with van der Waals surface area (Å²) in [6.07, 6.45) is 6.26. The van der Waals surface area contributed by atoms with Crippen LogP contribution in [-0.4, -0.2) is 58.6 Å². The number of imidazole rings is 1. The quantitative estimate of drug-likeness (QED) is 0.857. The zero-order valence-electron chi connectivity index (χ0n) is 12.4. The Morgan fingerprint density at radius 3 is 2.63 bits per heavy atom. The fourth-order valence-electron chi connectivity index (χ4n) is 3.08. The Balaban J connectivity index is 2.02. The second-order valence-electron chi connectivity index (χ2n) is 5.51. The fourth-order valence-corrected chi connectivity index (χ4v) is 3.08. The number of hydrogen-bond acceptors (Lipinski definition) is 4. The molecule has 5 nitrogen and oxygen atoms in total. The number of piperidine rings is 1. The summed E-state index contributed by atoms with van der Waals surface area (Å²) < 4.78 is 2.08. The average molecular weight is 265 g/mol. The SMILES string of the molecule is CCN1CCC(N(C)C(CN)c2cncn2C)CC1. The summed E-state index contributed by atoms with van der Waals surface area (Å²) in [6, 6.07) is 0.900. The van der Waals surface area contributed by atoms with Crippen LogP contribution in [-0.2, 0) is 7.05 Å². The highest BCUT2D eigenvalue weighted by Gasteiger charge is 2.27. The maximum atomic E-state index is 6.00. The van der Waals surface area contributed by atoms with E-state index in [0.717, 1.165) is 0 Å². The van der Waals surface area contributed by atoms with E-state index < -0.39 is 0 Å². The van der Waals surface area contributed by atoms with E-state index in [-0.39, 0.29) is 6.04 Å². The second kappa shape index (κ2) is 6.50. The molecule has 5 heteroatoms. The smallest absolute Gasteiger partial charge is 0.0946 e. The van der Waals surface area contributed by atoms with Crippen LogP contribution in [0.5, 0.6) is 0 Å². The molecule has 2 rings (SSSR count). The Morgan fingerprint density at radius 2 is 2.16 bits per heavy atom. The number of hydrogen-bond donors (Lipinski definition) is 1. The van der Waals surface area contributed by atoms with Gasteiger partial charge in [0.15, 0.2) is 0 Å². The third-order valence-electron chi connectivity index (χ3n) is 4.49. The summed E-state index contributed by atoms with van der Waals surface area (Å²) >= 11 is 0. The summed E-state index contributed by atoms with van der Waals surface area (Å²) in [5.74, 6) is 0.